The monoisotopic (exact) mass is 261 g/mol. The van der Waals surface area contributed by atoms with Gasteiger partial charge in [0.15, 0.2) is 11.2 Å². The maximum Gasteiger partial charge on any atom is 0.338 e. The summed E-state index contributed by atoms with van der Waals surface area (Å²) >= 11 is 0. The van der Waals surface area contributed by atoms with Gasteiger partial charge in [-0.15, -0.1) is 0 Å². The number of anilines is 1. The second kappa shape index (κ2) is 3.94. The van der Waals surface area contributed by atoms with Crippen molar-refractivity contribution in [2.24, 2.45) is 0 Å². The second-order valence-corrected chi connectivity index (χ2v) is 3.95. The first kappa shape index (κ1) is 11.5. The van der Waals surface area contributed by atoms with Crippen LogP contribution in [0.15, 0.2) is 32.0 Å². The topological polar surface area (TPSA) is 87.8 Å². The van der Waals surface area contributed by atoms with Gasteiger partial charge in [0, 0.05) is 6.07 Å². The fourth-order valence-corrected chi connectivity index (χ4v) is 2.20. The standard InChI is InChI=1S/C13H11NO5/c1-16-10-6-3-4-18-11(6)13(17-2)12-9(10)7(14)5-8(15)19-12/h3-5H,14H2,1-2H3. The zero-order valence-electron chi connectivity index (χ0n) is 10.4. The summed E-state index contributed by atoms with van der Waals surface area (Å²) < 4.78 is 21.2. The summed E-state index contributed by atoms with van der Waals surface area (Å²) in [5.41, 5.74) is 6.26. The molecular formula is C13H11NO5. The fraction of sp³-hybridized carbons (Fsp3) is 0.154. The van der Waals surface area contributed by atoms with E-state index < -0.39 is 5.63 Å². The van der Waals surface area contributed by atoms with Crippen molar-refractivity contribution in [2.45, 2.75) is 0 Å². The van der Waals surface area contributed by atoms with E-state index in [9.17, 15) is 4.79 Å². The van der Waals surface area contributed by atoms with Gasteiger partial charge in [0.2, 0.25) is 5.75 Å². The molecule has 0 saturated heterocycles. The third-order valence-corrected chi connectivity index (χ3v) is 2.95. The van der Waals surface area contributed by atoms with E-state index in [4.69, 9.17) is 24.0 Å². The molecule has 98 valence electrons. The molecule has 0 radical (unpaired) electrons. The summed E-state index contributed by atoms with van der Waals surface area (Å²) in [6.45, 7) is 0. The summed E-state index contributed by atoms with van der Waals surface area (Å²) in [4.78, 5) is 11.5. The van der Waals surface area contributed by atoms with E-state index in [-0.39, 0.29) is 11.3 Å². The Morgan fingerprint density at radius 2 is 1.89 bits per heavy atom. The zero-order chi connectivity index (χ0) is 13.6. The molecule has 2 N–H and O–H groups in total. The van der Waals surface area contributed by atoms with Crippen molar-refractivity contribution in [3.05, 3.63) is 28.8 Å². The first-order valence-corrected chi connectivity index (χ1v) is 5.51. The third-order valence-electron chi connectivity index (χ3n) is 2.95. The van der Waals surface area contributed by atoms with Gasteiger partial charge in [0.1, 0.15) is 5.75 Å². The van der Waals surface area contributed by atoms with Crippen molar-refractivity contribution >= 4 is 27.6 Å². The molecule has 0 saturated carbocycles. The molecule has 2 heterocycles. The van der Waals surface area contributed by atoms with E-state index in [0.717, 1.165) is 0 Å². The lowest BCUT2D eigenvalue weighted by molar-refractivity contribution is 0.398. The molecule has 0 unspecified atom stereocenters. The molecule has 0 spiro atoms. The molecule has 0 bridgehead atoms. The first-order chi connectivity index (χ1) is 9.17. The Kier molecular flexibility index (Phi) is 2.38. The largest absolute Gasteiger partial charge is 0.495 e. The van der Waals surface area contributed by atoms with Crippen molar-refractivity contribution in [3.63, 3.8) is 0 Å². The highest BCUT2D eigenvalue weighted by Crippen LogP contribution is 2.44. The normalized spacial score (nSPS) is 11.1. The molecule has 2 aromatic heterocycles. The minimum absolute atomic E-state index is 0.215. The summed E-state index contributed by atoms with van der Waals surface area (Å²) in [6, 6.07) is 2.94. The van der Waals surface area contributed by atoms with Gasteiger partial charge in [-0.3, -0.25) is 0 Å². The highest BCUT2D eigenvalue weighted by Gasteiger charge is 2.21. The van der Waals surface area contributed by atoms with Crippen LogP contribution >= 0.6 is 0 Å². The maximum absolute atomic E-state index is 11.5. The first-order valence-electron chi connectivity index (χ1n) is 5.51. The van der Waals surface area contributed by atoms with E-state index in [0.29, 0.717) is 27.9 Å². The van der Waals surface area contributed by atoms with E-state index >= 15 is 0 Å². The van der Waals surface area contributed by atoms with Crippen LogP contribution in [0.1, 0.15) is 0 Å². The van der Waals surface area contributed by atoms with Crippen molar-refractivity contribution in [1.29, 1.82) is 0 Å². The van der Waals surface area contributed by atoms with Crippen LogP contribution in [-0.4, -0.2) is 14.2 Å². The molecule has 0 aliphatic heterocycles. The molecule has 0 atom stereocenters. The lowest BCUT2D eigenvalue weighted by atomic mass is 10.1. The SMILES string of the molecule is COc1c2occc2c(OC)c2c(N)cc(=O)oc12. The predicted molar refractivity (Wildman–Crippen MR) is 69.8 cm³/mol. The van der Waals surface area contributed by atoms with Gasteiger partial charge < -0.3 is 24.0 Å². The number of hydrogen-bond donors (Lipinski definition) is 1. The molecule has 3 aromatic rings. The average molecular weight is 261 g/mol. The van der Waals surface area contributed by atoms with Crippen LogP contribution in [0, 0.1) is 0 Å². The van der Waals surface area contributed by atoms with Crippen LogP contribution in [0.5, 0.6) is 11.5 Å². The van der Waals surface area contributed by atoms with Gasteiger partial charge in [0.05, 0.1) is 36.9 Å². The van der Waals surface area contributed by atoms with Crippen molar-refractivity contribution in [3.8, 4) is 11.5 Å². The van der Waals surface area contributed by atoms with Crippen LogP contribution in [0.4, 0.5) is 5.69 Å². The number of benzene rings is 1. The minimum Gasteiger partial charge on any atom is -0.495 e. The molecule has 1 aromatic carbocycles. The number of ether oxygens (including phenoxy) is 2. The van der Waals surface area contributed by atoms with Crippen LogP contribution in [-0.2, 0) is 0 Å². The number of methoxy groups -OCH3 is 2. The highest BCUT2D eigenvalue weighted by atomic mass is 16.5. The fourth-order valence-electron chi connectivity index (χ4n) is 2.20. The zero-order valence-corrected chi connectivity index (χ0v) is 10.4. The molecule has 0 aliphatic carbocycles. The molecule has 19 heavy (non-hydrogen) atoms. The highest BCUT2D eigenvalue weighted by molar-refractivity contribution is 6.10. The van der Waals surface area contributed by atoms with Crippen molar-refractivity contribution in [2.75, 3.05) is 20.0 Å². The van der Waals surface area contributed by atoms with Crippen LogP contribution in [0.2, 0.25) is 0 Å². The Morgan fingerprint density at radius 1 is 1.16 bits per heavy atom. The van der Waals surface area contributed by atoms with Crippen LogP contribution in [0.3, 0.4) is 0 Å². The van der Waals surface area contributed by atoms with E-state index in [1.807, 2.05) is 0 Å². The Morgan fingerprint density at radius 3 is 2.58 bits per heavy atom. The predicted octanol–water partition coefficient (Wildman–Crippen LogP) is 2.14. The quantitative estimate of drug-likeness (QED) is 0.711. The Hall–Kier alpha value is -2.63. The summed E-state index contributed by atoms with van der Waals surface area (Å²) in [5, 5.41) is 1.19. The van der Waals surface area contributed by atoms with Gasteiger partial charge in [-0.05, 0) is 6.07 Å². The van der Waals surface area contributed by atoms with Crippen LogP contribution < -0.4 is 20.8 Å². The van der Waals surface area contributed by atoms with E-state index in [1.165, 1.54) is 26.5 Å². The average Bonchev–Trinajstić information content (AvgIpc) is 2.84. The van der Waals surface area contributed by atoms with Gasteiger partial charge in [-0.2, -0.15) is 0 Å². The summed E-state index contributed by atoms with van der Waals surface area (Å²) in [5.74, 6) is 0.806. The maximum atomic E-state index is 11.5. The summed E-state index contributed by atoms with van der Waals surface area (Å²) in [7, 11) is 2.98. The Balaban J connectivity index is 2.68. The molecule has 3 rings (SSSR count). The lowest BCUT2D eigenvalue weighted by Crippen LogP contribution is -2.03. The number of nitrogen functional groups attached to an aromatic ring is 1. The molecular weight excluding hydrogens is 250 g/mol. The van der Waals surface area contributed by atoms with E-state index in [2.05, 4.69) is 0 Å². The number of furan rings is 1. The second-order valence-electron chi connectivity index (χ2n) is 3.95. The number of hydrogen-bond acceptors (Lipinski definition) is 6. The van der Waals surface area contributed by atoms with Crippen molar-refractivity contribution in [1.82, 2.24) is 0 Å². The Bertz CT molecular complexity index is 830. The Labute approximate surface area is 107 Å². The third kappa shape index (κ3) is 1.46. The minimum atomic E-state index is -0.559. The molecule has 6 heteroatoms. The van der Waals surface area contributed by atoms with Crippen molar-refractivity contribution < 1.29 is 18.3 Å². The molecule has 0 amide bonds. The van der Waals surface area contributed by atoms with E-state index in [1.54, 1.807) is 6.07 Å². The number of rotatable bonds is 2. The molecule has 0 aliphatic rings. The van der Waals surface area contributed by atoms with Gasteiger partial charge in [-0.1, -0.05) is 0 Å². The number of nitrogens with two attached hydrogens (primary N) is 1. The lowest BCUT2D eigenvalue weighted by Gasteiger charge is -2.11. The molecule has 6 nitrogen and oxygen atoms in total. The molecule has 0 fully saturated rings. The smallest absolute Gasteiger partial charge is 0.338 e. The van der Waals surface area contributed by atoms with Gasteiger partial charge in [-0.25, -0.2) is 4.79 Å². The summed E-state index contributed by atoms with van der Waals surface area (Å²) in [6.07, 6.45) is 1.50. The van der Waals surface area contributed by atoms with Crippen LogP contribution in [0.25, 0.3) is 21.9 Å². The van der Waals surface area contributed by atoms with Gasteiger partial charge >= 0.3 is 5.63 Å². The van der Waals surface area contributed by atoms with Gasteiger partial charge in [0.25, 0.3) is 0 Å². The number of fused-ring (bicyclic) bond motifs is 2.